The highest BCUT2D eigenvalue weighted by Crippen LogP contribution is 2.25. The molecule has 4 nitrogen and oxygen atoms in total. The summed E-state index contributed by atoms with van der Waals surface area (Å²) in [7, 11) is 3.43. The molecule has 3 rings (SSSR count). The minimum absolute atomic E-state index is 0.185. The lowest BCUT2D eigenvalue weighted by molar-refractivity contribution is 0.107. The standard InChI is InChI=1S/C18H23NO3/c1-21-17-6-5-14-7-13(3-4-15(14)8-17)10-19-11-18(22-2)9-16(19)12-20/h3-8,16,18,20H,9-12H2,1-2H3/t16-,18-/m0/s1. The lowest BCUT2D eigenvalue weighted by Crippen LogP contribution is -2.31. The van der Waals surface area contributed by atoms with E-state index in [9.17, 15) is 5.11 Å². The summed E-state index contributed by atoms with van der Waals surface area (Å²) < 4.78 is 10.7. The molecule has 0 aromatic heterocycles. The van der Waals surface area contributed by atoms with Crippen LogP contribution in [-0.4, -0.2) is 49.5 Å². The molecule has 0 bridgehead atoms. The van der Waals surface area contributed by atoms with E-state index in [1.165, 1.54) is 16.3 Å². The number of hydrogen-bond donors (Lipinski definition) is 1. The third kappa shape index (κ3) is 3.09. The number of ether oxygens (including phenoxy) is 2. The van der Waals surface area contributed by atoms with Crippen molar-refractivity contribution in [3.8, 4) is 5.75 Å². The molecule has 118 valence electrons. The Morgan fingerprint density at radius 3 is 2.64 bits per heavy atom. The minimum atomic E-state index is 0.185. The van der Waals surface area contributed by atoms with Crippen molar-refractivity contribution < 1.29 is 14.6 Å². The topological polar surface area (TPSA) is 41.9 Å². The van der Waals surface area contributed by atoms with Gasteiger partial charge in [0.05, 0.1) is 19.8 Å². The average molecular weight is 301 g/mol. The normalized spacial score (nSPS) is 22.3. The Morgan fingerprint density at radius 2 is 1.91 bits per heavy atom. The van der Waals surface area contributed by atoms with Gasteiger partial charge in [-0.3, -0.25) is 4.90 Å². The maximum absolute atomic E-state index is 9.55. The number of methoxy groups -OCH3 is 2. The second-order valence-electron chi connectivity index (χ2n) is 5.91. The van der Waals surface area contributed by atoms with Crippen molar-refractivity contribution in [2.24, 2.45) is 0 Å². The Bertz CT molecular complexity index is 643. The van der Waals surface area contributed by atoms with Crippen LogP contribution in [0.2, 0.25) is 0 Å². The van der Waals surface area contributed by atoms with Crippen LogP contribution in [0.25, 0.3) is 10.8 Å². The van der Waals surface area contributed by atoms with E-state index < -0.39 is 0 Å². The van der Waals surface area contributed by atoms with Crippen LogP contribution in [0.5, 0.6) is 5.75 Å². The highest BCUT2D eigenvalue weighted by Gasteiger charge is 2.31. The van der Waals surface area contributed by atoms with Gasteiger partial charge in [0, 0.05) is 26.2 Å². The maximum atomic E-state index is 9.55. The number of likely N-dealkylation sites (tertiary alicyclic amines) is 1. The molecule has 4 heteroatoms. The first kappa shape index (κ1) is 15.3. The van der Waals surface area contributed by atoms with Gasteiger partial charge in [0.2, 0.25) is 0 Å². The van der Waals surface area contributed by atoms with Gasteiger partial charge in [-0.2, -0.15) is 0 Å². The minimum Gasteiger partial charge on any atom is -0.497 e. The van der Waals surface area contributed by atoms with Gasteiger partial charge in [0.1, 0.15) is 5.75 Å². The van der Waals surface area contributed by atoms with E-state index in [2.05, 4.69) is 29.2 Å². The summed E-state index contributed by atoms with van der Waals surface area (Å²) in [6.45, 7) is 1.90. The lowest BCUT2D eigenvalue weighted by Gasteiger charge is -2.22. The summed E-state index contributed by atoms with van der Waals surface area (Å²) >= 11 is 0. The fourth-order valence-electron chi connectivity index (χ4n) is 3.23. The van der Waals surface area contributed by atoms with Crippen molar-refractivity contribution in [1.82, 2.24) is 4.90 Å². The summed E-state index contributed by atoms with van der Waals surface area (Å²) in [6.07, 6.45) is 1.12. The van der Waals surface area contributed by atoms with Gasteiger partial charge < -0.3 is 14.6 Å². The lowest BCUT2D eigenvalue weighted by atomic mass is 10.1. The van der Waals surface area contributed by atoms with E-state index in [-0.39, 0.29) is 18.8 Å². The monoisotopic (exact) mass is 301 g/mol. The van der Waals surface area contributed by atoms with Crippen molar-refractivity contribution in [2.75, 3.05) is 27.4 Å². The molecule has 1 heterocycles. The van der Waals surface area contributed by atoms with Crippen molar-refractivity contribution in [1.29, 1.82) is 0 Å². The Kier molecular flexibility index (Phi) is 4.62. The Hall–Kier alpha value is -1.62. The third-order valence-electron chi connectivity index (χ3n) is 4.53. The van der Waals surface area contributed by atoms with Crippen molar-refractivity contribution in [3.63, 3.8) is 0 Å². The van der Waals surface area contributed by atoms with Crippen LogP contribution in [-0.2, 0) is 11.3 Å². The van der Waals surface area contributed by atoms with Gasteiger partial charge >= 0.3 is 0 Å². The van der Waals surface area contributed by atoms with Crippen LogP contribution >= 0.6 is 0 Å². The molecule has 0 aliphatic carbocycles. The van der Waals surface area contributed by atoms with E-state index in [0.29, 0.717) is 0 Å². The van der Waals surface area contributed by atoms with E-state index in [4.69, 9.17) is 9.47 Å². The van der Waals surface area contributed by atoms with Gasteiger partial charge in [-0.1, -0.05) is 18.2 Å². The number of hydrogen-bond acceptors (Lipinski definition) is 4. The van der Waals surface area contributed by atoms with E-state index >= 15 is 0 Å². The molecule has 1 saturated heterocycles. The number of fused-ring (bicyclic) bond motifs is 1. The molecular formula is C18H23NO3. The summed E-state index contributed by atoms with van der Waals surface area (Å²) in [5, 5.41) is 11.9. The first-order valence-corrected chi connectivity index (χ1v) is 7.68. The molecule has 0 spiro atoms. The van der Waals surface area contributed by atoms with Crippen molar-refractivity contribution in [3.05, 3.63) is 42.0 Å². The van der Waals surface area contributed by atoms with Crippen LogP contribution in [0, 0.1) is 0 Å². The molecule has 1 aliphatic heterocycles. The Morgan fingerprint density at radius 1 is 1.14 bits per heavy atom. The highest BCUT2D eigenvalue weighted by atomic mass is 16.5. The van der Waals surface area contributed by atoms with Gasteiger partial charge in [0.15, 0.2) is 0 Å². The zero-order chi connectivity index (χ0) is 15.5. The van der Waals surface area contributed by atoms with Gasteiger partial charge in [0.25, 0.3) is 0 Å². The molecule has 0 unspecified atom stereocenters. The summed E-state index contributed by atoms with van der Waals surface area (Å²) in [4.78, 5) is 2.30. The van der Waals surface area contributed by atoms with Gasteiger partial charge in [-0.15, -0.1) is 0 Å². The summed E-state index contributed by atoms with van der Waals surface area (Å²) in [5.74, 6) is 0.878. The van der Waals surface area contributed by atoms with Gasteiger partial charge in [-0.05, 0) is 41.0 Å². The third-order valence-corrected chi connectivity index (χ3v) is 4.53. The quantitative estimate of drug-likeness (QED) is 0.921. The van der Waals surface area contributed by atoms with Crippen LogP contribution in [0.4, 0.5) is 0 Å². The summed E-state index contributed by atoms with van der Waals surface area (Å²) in [5.41, 5.74) is 1.26. The fourth-order valence-corrected chi connectivity index (χ4v) is 3.23. The van der Waals surface area contributed by atoms with Crippen LogP contribution < -0.4 is 4.74 Å². The molecule has 0 radical (unpaired) electrons. The highest BCUT2D eigenvalue weighted by molar-refractivity contribution is 5.84. The predicted octanol–water partition coefficient (Wildman–Crippen LogP) is 2.43. The molecule has 0 amide bonds. The first-order chi connectivity index (χ1) is 10.7. The molecular weight excluding hydrogens is 278 g/mol. The summed E-state index contributed by atoms with van der Waals surface area (Å²) in [6, 6.07) is 12.8. The van der Waals surface area contributed by atoms with Crippen LogP contribution in [0.3, 0.4) is 0 Å². The molecule has 22 heavy (non-hydrogen) atoms. The molecule has 2 aromatic carbocycles. The van der Waals surface area contributed by atoms with Crippen LogP contribution in [0.15, 0.2) is 36.4 Å². The molecule has 1 N–H and O–H groups in total. The Labute approximate surface area is 131 Å². The van der Waals surface area contributed by atoms with Gasteiger partial charge in [-0.25, -0.2) is 0 Å². The fraction of sp³-hybridized carbons (Fsp3) is 0.444. The maximum Gasteiger partial charge on any atom is 0.119 e. The average Bonchev–Trinajstić information content (AvgIpc) is 2.96. The second-order valence-corrected chi connectivity index (χ2v) is 5.91. The van der Waals surface area contributed by atoms with Crippen molar-refractivity contribution in [2.45, 2.75) is 25.1 Å². The largest absolute Gasteiger partial charge is 0.497 e. The first-order valence-electron chi connectivity index (χ1n) is 7.68. The number of aliphatic hydroxyl groups excluding tert-OH is 1. The van der Waals surface area contributed by atoms with E-state index in [0.717, 1.165) is 25.3 Å². The van der Waals surface area contributed by atoms with E-state index in [1.54, 1.807) is 14.2 Å². The molecule has 1 aliphatic rings. The number of aliphatic hydroxyl groups is 1. The molecule has 1 fully saturated rings. The predicted molar refractivity (Wildman–Crippen MR) is 87.2 cm³/mol. The Balaban J connectivity index is 1.79. The molecule has 2 atom stereocenters. The molecule has 0 saturated carbocycles. The van der Waals surface area contributed by atoms with Crippen molar-refractivity contribution >= 4 is 10.8 Å². The SMILES string of the molecule is COc1ccc2cc(CN3C[C@@H](OC)C[C@H]3CO)ccc2c1. The van der Waals surface area contributed by atoms with E-state index in [1.807, 2.05) is 12.1 Å². The zero-order valence-corrected chi connectivity index (χ0v) is 13.2. The number of benzene rings is 2. The van der Waals surface area contributed by atoms with Crippen LogP contribution in [0.1, 0.15) is 12.0 Å². The smallest absolute Gasteiger partial charge is 0.119 e. The number of rotatable bonds is 5. The molecule has 2 aromatic rings. The second kappa shape index (κ2) is 6.65. The number of nitrogens with zero attached hydrogens (tertiary/aromatic N) is 1. The zero-order valence-electron chi connectivity index (χ0n) is 13.2.